The quantitative estimate of drug-likeness (QED) is 0.201. The van der Waals surface area contributed by atoms with E-state index in [9.17, 15) is 0 Å². The number of ether oxygens (including phenoxy) is 1. The van der Waals surface area contributed by atoms with Gasteiger partial charge in [0.25, 0.3) is 0 Å². The highest BCUT2D eigenvalue weighted by Crippen LogP contribution is 2.10. The smallest absolute Gasteiger partial charge is 0.191 e. The van der Waals surface area contributed by atoms with Crippen molar-refractivity contribution in [3.8, 4) is 0 Å². The number of nitrogens with one attached hydrogen (secondary N) is 2. The number of halogens is 1. The molecule has 1 heterocycles. The Balaban J connectivity index is 0.00000385. The third-order valence-corrected chi connectivity index (χ3v) is 5.16. The summed E-state index contributed by atoms with van der Waals surface area (Å²) in [5.74, 6) is 2.23. The summed E-state index contributed by atoms with van der Waals surface area (Å²) in [5.41, 5.74) is 3.64. The largest absolute Gasteiger partial charge is 0.376 e. The molecular formula is C26H36IN5O. The number of aromatic nitrogens is 2. The summed E-state index contributed by atoms with van der Waals surface area (Å²) in [6, 6.07) is 18.9. The van der Waals surface area contributed by atoms with Crippen molar-refractivity contribution in [2.24, 2.45) is 10.9 Å². The van der Waals surface area contributed by atoms with E-state index in [-0.39, 0.29) is 24.0 Å². The average molecular weight is 562 g/mol. The minimum Gasteiger partial charge on any atom is -0.376 e. The normalized spacial score (nSPS) is 12.2. The van der Waals surface area contributed by atoms with Crippen molar-refractivity contribution in [2.45, 2.75) is 40.5 Å². The van der Waals surface area contributed by atoms with Crippen LogP contribution in [0.25, 0.3) is 0 Å². The molecule has 0 spiro atoms. The fraction of sp³-hybridized carbons (Fsp3) is 0.385. The number of aryl methyl sites for hydroxylation is 1. The Morgan fingerprint density at radius 2 is 1.82 bits per heavy atom. The van der Waals surface area contributed by atoms with Crippen molar-refractivity contribution in [1.29, 1.82) is 0 Å². The van der Waals surface area contributed by atoms with Crippen LogP contribution >= 0.6 is 24.0 Å². The van der Waals surface area contributed by atoms with Gasteiger partial charge in [-0.05, 0) is 36.5 Å². The predicted octanol–water partition coefficient (Wildman–Crippen LogP) is 4.77. The van der Waals surface area contributed by atoms with Crippen LogP contribution in [0.15, 0.2) is 72.0 Å². The molecule has 0 saturated heterocycles. The van der Waals surface area contributed by atoms with Crippen molar-refractivity contribution >= 4 is 29.9 Å². The Bertz CT molecular complexity index is 974. The molecule has 3 rings (SSSR count). The third-order valence-electron chi connectivity index (χ3n) is 5.16. The van der Waals surface area contributed by atoms with Gasteiger partial charge in [-0.2, -0.15) is 0 Å². The number of benzene rings is 2. The fourth-order valence-electron chi connectivity index (χ4n) is 3.39. The van der Waals surface area contributed by atoms with Gasteiger partial charge in [0.2, 0.25) is 0 Å². The minimum absolute atomic E-state index is 0. The lowest BCUT2D eigenvalue weighted by atomic mass is 10.1. The molecule has 1 atom stereocenters. The summed E-state index contributed by atoms with van der Waals surface area (Å²) < 4.78 is 8.01. The van der Waals surface area contributed by atoms with Gasteiger partial charge in [0.05, 0.1) is 19.8 Å². The van der Waals surface area contributed by atoms with Gasteiger partial charge in [0.15, 0.2) is 5.96 Å². The van der Waals surface area contributed by atoms with Crippen LogP contribution < -0.4 is 10.6 Å². The Kier molecular flexibility index (Phi) is 12.0. The maximum Gasteiger partial charge on any atom is 0.191 e. The van der Waals surface area contributed by atoms with Crippen molar-refractivity contribution in [3.05, 3.63) is 89.5 Å². The lowest BCUT2D eigenvalue weighted by Crippen LogP contribution is -2.40. The highest BCUT2D eigenvalue weighted by molar-refractivity contribution is 14.0. The van der Waals surface area contributed by atoms with E-state index in [1.807, 2.05) is 37.5 Å². The molecule has 0 radical (unpaired) electrons. The molecular weight excluding hydrogens is 525 g/mol. The molecule has 3 aromatic rings. The van der Waals surface area contributed by atoms with Gasteiger partial charge in [-0.15, -0.1) is 24.0 Å². The topological polar surface area (TPSA) is 63.5 Å². The first kappa shape index (κ1) is 26.9. The summed E-state index contributed by atoms with van der Waals surface area (Å²) in [6.07, 6.45) is 3.85. The highest BCUT2D eigenvalue weighted by Gasteiger charge is 2.06. The molecule has 0 bridgehead atoms. The van der Waals surface area contributed by atoms with E-state index in [1.54, 1.807) is 0 Å². The monoisotopic (exact) mass is 561 g/mol. The van der Waals surface area contributed by atoms with Gasteiger partial charge in [-0.3, -0.25) is 0 Å². The molecule has 0 saturated carbocycles. The molecule has 6 nitrogen and oxygen atoms in total. The second kappa shape index (κ2) is 14.7. The summed E-state index contributed by atoms with van der Waals surface area (Å²) >= 11 is 0. The van der Waals surface area contributed by atoms with Crippen molar-refractivity contribution < 1.29 is 4.74 Å². The van der Waals surface area contributed by atoms with Crippen LogP contribution in [0.2, 0.25) is 0 Å². The van der Waals surface area contributed by atoms with Gasteiger partial charge in [0.1, 0.15) is 5.82 Å². The molecule has 2 N–H and O–H groups in total. The maximum atomic E-state index is 5.86. The first-order valence-corrected chi connectivity index (χ1v) is 11.3. The Morgan fingerprint density at radius 1 is 1.06 bits per heavy atom. The van der Waals surface area contributed by atoms with Crippen LogP contribution in [0.3, 0.4) is 0 Å². The SMILES string of the molecule is CCNC(=NCc1cccc(Cn2ccnc2C)c1)NCC(C)COCc1ccccc1.I. The van der Waals surface area contributed by atoms with Crippen LogP contribution in [-0.4, -0.2) is 35.2 Å². The van der Waals surface area contributed by atoms with E-state index in [4.69, 9.17) is 9.73 Å². The van der Waals surface area contributed by atoms with Gasteiger partial charge < -0.3 is 19.9 Å². The number of nitrogens with zero attached hydrogens (tertiary/aromatic N) is 3. The molecule has 0 amide bonds. The van der Waals surface area contributed by atoms with Gasteiger partial charge >= 0.3 is 0 Å². The van der Waals surface area contributed by atoms with E-state index >= 15 is 0 Å². The maximum absolute atomic E-state index is 5.86. The average Bonchev–Trinajstić information content (AvgIpc) is 3.21. The van der Waals surface area contributed by atoms with E-state index in [1.165, 1.54) is 16.7 Å². The summed E-state index contributed by atoms with van der Waals surface area (Å²) in [6.45, 7) is 10.7. The molecule has 0 aliphatic carbocycles. The van der Waals surface area contributed by atoms with E-state index in [0.29, 0.717) is 25.7 Å². The van der Waals surface area contributed by atoms with Gasteiger partial charge in [-0.25, -0.2) is 9.98 Å². The van der Waals surface area contributed by atoms with Crippen LogP contribution in [0, 0.1) is 12.8 Å². The molecule has 1 unspecified atom stereocenters. The molecule has 0 aliphatic rings. The standard InChI is InChI=1S/C26H35N5O.HI/c1-4-27-26(29-16-21(2)19-32-20-23-9-6-5-7-10-23)30-17-24-11-8-12-25(15-24)18-31-14-13-28-22(31)3;/h5-15,21H,4,16-20H2,1-3H3,(H2,27,29,30);1H. The van der Waals surface area contributed by atoms with E-state index in [0.717, 1.165) is 31.4 Å². The lowest BCUT2D eigenvalue weighted by Gasteiger charge is -2.16. The van der Waals surface area contributed by atoms with E-state index < -0.39 is 0 Å². The molecule has 0 aliphatic heterocycles. The van der Waals surface area contributed by atoms with Crippen LogP contribution in [0.5, 0.6) is 0 Å². The third kappa shape index (κ3) is 9.55. The summed E-state index contributed by atoms with van der Waals surface area (Å²) in [7, 11) is 0. The second-order valence-electron chi connectivity index (χ2n) is 8.10. The molecule has 2 aromatic carbocycles. The number of hydrogen-bond donors (Lipinski definition) is 2. The number of rotatable bonds is 11. The van der Waals surface area contributed by atoms with Crippen LogP contribution in [-0.2, 0) is 24.4 Å². The van der Waals surface area contributed by atoms with Gasteiger partial charge in [-0.1, -0.05) is 61.5 Å². The molecule has 1 aromatic heterocycles. The first-order valence-electron chi connectivity index (χ1n) is 11.3. The Hall–Kier alpha value is -2.39. The molecule has 7 heteroatoms. The minimum atomic E-state index is 0. The van der Waals surface area contributed by atoms with Crippen LogP contribution in [0.1, 0.15) is 36.4 Å². The molecule has 0 fully saturated rings. The lowest BCUT2D eigenvalue weighted by molar-refractivity contribution is 0.0931. The Labute approximate surface area is 214 Å². The fourth-order valence-corrected chi connectivity index (χ4v) is 3.39. The van der Waals surface area contributed by atoms with Crippen molar-refractivity contribution in [3.63, 3.8) is 0 Å². The molecule has 178 valence electrons. The highest BCUT2D eigenvalue weighted by atomic mass is 127. The number of imidazole rings is 1. The zero-order valence-corrected chi connectivity index (χ0v) is 22.2. The zero-order valence-electron chi connectivity index (χ0n) is 19.8. The number of aliphatic imine (C=N–C) groups is 1. The van der Waals surface area contributed by atoms with Crippen LogP contribution in [0.4, 0.5) is 0 Å². The van der Waals surface area contributed by atoms with E-state index in [2.05, 4.69) is 70.4 Å². The summed E-state index contributed by atoms with van der Waals surface area (Å²) in [5, 5.41) is 6.78. The zero-order chi connectivity index (χ0) is 22.6. The first-order chi connectivity index (χ1) is 15.6. The summed E-state index contributed by atoms with van der Waals surface area (Å²) in [4.78, 5) is 9.07. The Morgan fingerprint density at radius 3 is 2.55 bits per heavy atom. The predicted molar refractivity (Wildman–Crippen MR) is 146 cm³/mol. The number of guanidine groups is 1. The van der Waals surface area contributed by atoms with Crippen molar-refractivity contribution in [1.82, 2.24) is 20.2 Å². The number of hydrogen-bond acceptors (Lipinski definition) is 3. The van der Waals surface area contributed by atoms with Crippen molar-refractivity contribution in [2.75, 3.05) is 19.7 Å². The second-order valence-corrected chi connectivity index (χ2v) is 8.10. The van der Waals surface area contributed by atoms with Gasteiger partial charge in [0, 0.05) is 32.0 Å². The molecule has 33 heavy (non-hydrogen) atoms.